The standard InChI is InChI=1S/C3H3IN2/c4-3-1-5-2-6-3/h1-3H/t3-/m0/s1. The molecular weight excluding hydrogens is 191 g/mol. The summed E-state index contributed by atoms with van der Waals surface area (Å²) in [6, 6.07) is 0. The van der Waals surface area contributed by atoms with Crippen LogP contribution in [0.2, 0.25) is 0 Å². The van der Waals surface area contributed by atoms with Gasteiger partial charge in [0.2, 0.25) is 0 Å². The molecule has 0 radical (unpaired) electrons. The minimum atomic E-state index is 0.294. The second-order valence-electron chi connectivity index (χ2n) is 0.935. The first kappa shape index (κ1) is 4.23. The smallest absolute Gasteiger partial charge is 0.138 e. The molecule has 0 saturated carbocycles. The summed E-state index contributed by atoms with van der Waals surface area (Å²) in [7, 11) is 0. The number of alkyl halides is 1. The molecule has 32 valence electrons. The molecule has 0 aromatic rings. The van der Waals surface area contributed by atoms with Crippen LogP contribution in [0.5, 0.6) is 0 Å². The molecule has 1 aliphatic heterocycles. The van der Waals surface area contributed by atoms with Gasteiger partial charge in [0.05, 0.1) is 0 Å². The third kappa shape index (κ3) is 0.767. The van der Waals surface area contributed by atoms with Crippen molar-refractivity contribution in [3.05, 3.63) is 0 Å². The van der Waals surface area contributed by atoms with Crippen molar-refractivity contribution in [3.8, 4) is 0 Å². The molecule has 0 aromatic carbocycles. The van der Waals surface area contributed by atoms with Crippen LogP contribution < -0.4 is 0 Å². The van der Waals surface area contributed by atoms with E-state index in [1.54, 1.807) is 12.6 Å². The number of hydrogen-bond acceptors (Lipinski definition) is 2. The molecular formula is C3H3IN2. The van der Waals surface area contributed by atoms with Gasteiger partial charge in [-0.2, -0.15) is 0 Å². The Labute approximate surface area is 49.5 Å². The van der Waals surface area contributed by atoms with Crippen LogP contribution in [0.3, 0.4) is 0 Å². The second kappa shape index (κ2) is 1.68. The summed E-state index contributed by atoms with van der Waals surface area (Å²) in [6.07, 6.45) is 3.36. The largest absolute Gasteiger partial charge is 0.254 e. The summed E-state index contributed by atoms with van der Waals surface area (Å²) in [5.41, 5.74) is 0. The Kier molecular flexibility index (Phi) is 1.19. The number of nitrogens with zero attached hydrogens (tertiary/aromatic N) is 2. The van der Waals surface area contributed by atoms with E-state index in [0.29, 0.717) is 4.05 Å². The van der Waals surface area contributed by atoms with Gasteiger partial charge in [-0.05, 0) is 0 Å². The Bertz CT molecular complexity index is 85.0. The van der Waals surface area contributed by atoms with E-state index < -0.39 is 0 Å². The topological polar surface area (TPSA) is 24.7 Å². The molecule has 3 heteroatoms. The van der Waals surface area contributed by atoms with E-state index in [4.69, 9.17) is 0 Å². The maximum atomic E-state index is 3.88. The van der Waals surface area contributed by atoms with Crippen LogP contribution in [0.4, 0.5) is 0 Å². The van der Waals surface area contributed by atoms with Crippen molar-refractivity contribution in [2.75, 3.05) is 0 Å². The first-order valence-corrected chi connectivity index (χ1v) is 2.83. The molecule has 1 atom stereocenters. The second-order valence-corrected chi connectivity index (χ2v) is 2.21. The molecule has 6 heavy (non-hydrogen) atoms. The van der Waals surface area contributed by atoms with E-state index in [-0.39, 0.29) is 0 Å². The predicted molar refractivity (Wildman–Crippen MR) is 34.8 cm³/mol. The average Bonchev–Trinajstić information content (AvgIpc) is 1.86. The zero-order valence-electron chi connectivity index (χ0n) is 3.00. The lowest BCUT2D eigenvalue weighted by molar-refractivity contribution is 1.34. The molecule has 1 heterocycles. The molecule has 0 bridgehead atoms. The van der Waals surface area contributed by atoms with Gasteiger partial charge in [0, 0.05) is 6.21 Å². The molecule has 0 saturated heterocycles. The Morgan fingerprint density at radius 2 is 2.50 bits per heavy atom. The van der Waals surface area contributed by atoms with E-state index >= 15 is 0 Å². The average molecular weight is 194 g/mol. The highest BCUT2D eigenvalue weighted by molar-refractivity contribution is 14.1. The number of aliphatic imine (C=N–C) groups is 2. The SMILES string of the molecule is I[C@@H]1C=NC=N1. The van der Waals surface area contributed by atoms with Crippen molar-refractivity contribution in [1.82, 2.24) is 0 Å². The van der Waals surface area contributed by atoms with Gasteiger partial charge in [-0.1, -0.05) is 22.6 Å². The van der Waals surface area contributed by atoms with Crippen molar-refractivity contribution in [2.24, 2.45) is 9.98 Å². The highest BCUT2D eigenvalue weighted by Crippen LogP contribution is 2.00. The summed E-state index contributed by atoms with van der Waals surface area (Å²) < 4.78 is 0.294. The Balaban J connectivity index is 2.60. The maximum absolute atomic E-state index is 3.88. The summed E-state index contributed by atoms with van der Waals surface area (Å²) in [6.45, 7) is 0. The minimum absolute atomic E-state index is 0.294. The Morgan fingerprint density at radius 1 is 1.67 bits per heavy atom. The van der Waals surface area contributed by atoms with Gasteiger partial charge in [-0.3, -0.25) is 4.99 Å². The quantitative estimate of drug-likeness (QED) is 0.310. The van der Waals surface area contributed by atoms with E-state index in [9.17, 15) is 0 Å². The summed E-state index contributed by atoms with van der Waals surface area (Å²) in [5.74, 6) is 0. The summed E-state index contributed by atoms with van der Waals surface area (Å²) in [5, 5.41) is 0. The molecule has 0 fully saturated rings. The van der Waals surface area contributed by atoms with Crippen molar-refractivity contribution in [1.29, 1.82) is 0 Å². The predicted octanol–water partition coefficient (Wildman–Crippen LogP) is 0.860. The van der Waals surface area contributed by atoms with Crippen LogP contribution in [0.15, 0.2) is 9.98 Å². The number of halogens is 1. The van der Waals surface area contributed by atoms with E-state index in [2.05, 4.69) is 32.6 Å². The highest BCUT2D eigenvalue weighted by Gasteiger charge is 1.94. The fourth-order valence-electron chi connectivity index (χ4n) is 0.250. The van der Waals surface area contributed by atoms with Crippen molar-refractivity contribution in [2.45, 2.75) is 4.05 Å². The molecule has 0 N–H and O–H groups in total. The van der Waals surface area contributed by atoms with E-state index in [1.807, 2.05) is 0 Å². The lowest BCUT2D eigenvalue weighted by atomic mass is 10.8. The zero-order valence-corrected chi connectivity index (χ0v) is 5.16. The molecule has 2 nitrogen and oxygen atoms in total. The monoisotopic (exact) mass is 194 g/mol. The van der Waals surface area contributed by atoms with E-state index in [0.717, 1.165) is 0 Å². The first-order chi connectivity index (χ1) is 2.89. The van der Waals surface area contributed by atoms with Gasteiger partial charge < -0.3 is 0 Å². The Hall–Kier alpha value is 0.0700. The first-order valence-electron chi connectivity index (χ1n) is 1.58. The lowest BCUT2D eigenvalue weighted by Gasteiger charge is -1.79. The lowest BCUT2D eigenvalue weighted by Crippen LogP contribution is -1.84. The van der Waals surface area contributed by atoms with Crippen molar-refractivity contribution in [3.63, 3.8) is 0 Å². The molecule has 0 aromatic heterocycles. The fraction of sp³-hybridized carbons (Fsp3) is 0.333. The molecule has 1 rings (SSSR count). The van der Waals surface area contributed by atoms with Crippen molar-refractivity contribution < 1.29 is 0 Å². The van der Waals surface area contributed by atoms with Gasteiger partial charge >= 0.3 is 0 Å². The van der Waals surface area contributed by atoms with E-state index in [1.165, 1.54) is 0 Å². The summed E-state index contributed by atoms with van der Waals surface area (Å²) >= 11 is 2.18. The zero-order chi connectivity index (χ0) is 4.41. The van der Waals surface area contributed by atoms with Gasteiger partial charge in [-0.15, -0.1) is 0 Å². The van der Waals surface area contributed by atoms with Crippen LogP contribution in [-0.2, 0) is 0 Å². The minimum Gasteiger partial charge on any atom is -0.254 e. The van der Waals surface area contributed by atoms with Crippen LogP contribution in [-0.4, -0.2) is 16.6 Å². The van der Waals surface area contributed by atoms with Crippen LogP contribution in [0.25, 0.3) is 0 Å². The molecule has 0 spiro atoms. The van der Waals surface area contributed by atoms with Gasteiger partial charge in [0.25, 0.3) is 0 Å². The fourth-order valence-corrected chi connectivity index (χ4v) is 0.580. The Morgan fingerprint density at radius 3 is 2.67 bits per heavy atom. The maximum Gasteiger partial charge on any atom is 0.138 e. The number of rotatable bonds is 0. The van der Waals surface area contributed by atoms with Gasteiger partial charge in [-0.25, -0.2) is 4.99 Å². The van der Waals surface area contributed by atoms with Crippen LogP contribution in [0, 0.1) is 0 Å². The number of hydrogen-bond donors (Lipinski definition) is 0. The van der Waals surface area contributed by atoms with Crippen LogP contribution in [0.1, 0.15) is 0 Å². The molecule has 0 aliphatic carbocycles. The summed E-state index contributed by atoms with van der Waals surface area (Å²) in [4.78, 5) is 7.62. The third-order valence-electron chi connectivity index (χ3n) is 0.485. The normalized spacial score (nSPS) is 29.2. The highest BCUT2D eigenvalue weighted by atomic mass is 127. The van der Waals surface area contributed by atoms with Crippen LogP contribution >= 0.6 is 22.6 Å². The van der Waals surface area contributed by atoms with Crippen molar-refractivity contribution >= 4 is 35.1 Å². The molecule has 0 unspecified atom stereocenters. The third-order valence-corrected chi connectivity index (χ3v) is 1.13. The van der Waals surface area contributed by atoms with Gasteiger partial charge in [0.15, 0.2) is 0 Å². The molecule has 0 amide bonds. The van der Waals surface area contributed by atoms with Gasteiger partial charge in [0.1, 0.15) is 10.4 Å². The molecule has 1 aliphatic rings.